The van der Waals surface area contributed by atoms with Crippen molar-refractivity contribution in [3.8, 4) is 0 Å². The third-order valence-electron chi connectivity index (χ3n) is 4.19. The molecule has 5 nitrogen and oxygen atoms in total. The Balaban J connectivity index is 1.58. The Morgan fingerprint density at radius 3 is 2.28 bits per heavy atom. The molecular weight excluding hydrogens is 518 g/mol. The van der Waals surface area contributed by atoms with Crippen LogP contribution >= 0.6 is 46.6 Å². The fourth-order valence-electron chi connectivity index (χ4n) is 2.62. The summed E-state index contributed by atoms with van der Waals surface area (Å²) in [5, 5.41) is 3.29. The molecule has 0 spiro atoms. The molecule has 0 fully saturated rings. The van der Waals surface area contributed by atoms with Crippen LogP contribution in [-0.2, 0) is 20.6 Å². The lowest BCUT2D eigenvalue weighted by Gasteiger charge is -2.11. The van der Waals surface area contributed by atoms with Crippen LogP contribution in [-0.4, -0.2) is 20.1 Å². The fraction of sp³-hybridized carbons (Fsp3) is 0.0952. The molecule has 2 N–H and O–H groups in total. The number of nitrogens with one attached hydrogen (secondary N) is 2. The summed E-state index contributed by atoms with van der Waals surface area (Å²) in [6.07, 6.45) is 0. The zero-order valence-corrected chi connectivity index (χ0v) is 20.1. The van der Waals surface area contributed by atoms with Crippen LogP contribution in [0.5, 0.6) is 0 Å². The van der Waals surface area contributed by atoms with E-state index >= 15 is 0 Å². The number of amides is 1. The quantitative estimate of drug-likeness (QED) is 0.348. The molecule has 0 heterocycles. The summed E-state index contributed by atoms with van der Waals surface area (Å²) >= 11 is 19.1. The number of benzene rings is 3. The van der Waals surface area contributed by atoms with Crippen LogP contribution in [0.15, 0.2) is 65.6 Å². The molecule has 0 aliphatic rings. The summed E-state index contributed by atoms with van der Waals surface area (Å²) in [5.41, 5.74) is 0.914. The third-order valence-corrected chi connectivity index (χ3v) is 7.70. The van der Waals surface area contributed by atoms with Gasteiger partial charge in [0, 0.05) is 22.0 Å². The van der Waals surface area contributed by atoms with E-state index in [0.717, 1.165) is 0 Å². The molecule has 0 saturated heterocycles. The Morgan fingerprint density at radius 1 is 0.938 bits per heavy atom. The van der Waals surface area contributed by atoms with Crippen LogP contribution in [0.4, 0.5) is 15.8 Å². The fourth-order valence-corrected chi connectivity index (χ4v) is 5.26. The number of anilines is 2. The molecular formula is C21H16Cl3FN2O3S2. The van der Waals surface area contributed by atoms with Crippen LogP contribution < -0.4 is 10.0 Å². The van der Waals surface area contributed by atoms with E-state index in [1.807, 2.05) is 0 Å². The molecule has 0 saturated carbocycles. The second kappa shape index (κ2) is 10.8. The Morgan fingerprint density at radius 2 is 1.59 bits per heavy atom. The van der Waals surface area contributed by atoms with Gasteiger partial charge in [-0.1, -0.05) is 46.9 Å². The molecule has 0 atom stereocenters. The van der Waals surface area contributed by atoms with E-state index in [-0.39, 0.29) is 38.0 Å². The first-order chi connectivity index (χ1) is 15.2. The molecule has 0 bridgehead atoms. The summed E-state index contributed by atoms with van der Waals surface area (Å²) in [7, 11) is -3.91. The zero-order chi connectivity index (χ0) is 23.3. The number of hydrogen-bond acceptors (Lipinski definition) is 4. The van der Waals surface area contributed by atoms with Crippen molar-refractivity contribution in [1.29, 1.82) is 0 Å². The summed E-state index contributed by atoms with van der Waals surface area (Å²) in [4.78, 5) is 12.1. The van der Waals surface area contributed by atoms with Gasteiger partial charge in [0.15, 0.2) is 0 Å². The number of rotatable bonds is 8. The number of carbonyl (C=O) groups excluding carboxylic acids is 1. The molecule has 168 valence electrons. The summed E-state index contributed by atoms with van der Waals surface area (Å²) < 4.78 is 41.3. The first kappa shape index (κ1) is 24.7. The van der Waals surface area contributed by atoms with Crippen molar-refractivity contribution in [1.82, 2.24) is 0 Å². The molecule has 11 heteroatoms. The lowest BCUT2D eigenvalue weighted by atomic mass is 10.2. The van der Waals surface area contributed by atoms with Gasteiger partial charge in [-0.05, 0) is 48.5 Å². The second-order valence-electron chi connectivity index (χ2n) is 6.47. The minimum absolute atomic E-state index is 0.0184. The summed E-state index contributed by atoms with van der Waals surface area (Å²) in [6.45, 7) is 0. The lowest BCUT2D eigenvalue weighted by Crippen LogP contribution is -2.15. The maximum absolute atomic E-state index is 13.8. The standard InChI is InChI=1S/C21H16Cl3FN2O3S2/c22-16-3-1-5-18(25)15(16)11-31-12-20(28)26-13-7-9-14(10-8-13)32(29,30)27-19-6-2-4-17(23)21(19)24/h1-10,27H,11-12H2,(H,26,28). The zero-order valence-electron chi connectivity index (χ0n) is 16.2. The molecule has 3 aromatic carbocycles. The number of halogens is 4. The van der Waals surface area contributed by atoms with Crippen LogP contribution in [0, 0.1) is 5.82 Å². The third kappa shape index (κ3) is 6.30. The van der Waals surface area contributed by atoms with E-state index in [2.05, 4.69) is 10.0 Å². The highest BCUT2D eigenvalue weighted by molar-refractivity contribution is 7.99. The predicted octanol–water partition coefficient (Wildman–Crippen LogP) is 6.46. The van der Waals surface area contributed by atoms with Crippen LogP contribution in [0.2, 0.25) is 15.1 Å². The Labute approximate surface area is 204 Å². The molecule has 32 heavy (non-hydrogen) atoms. The summed E-state index contributed by atoms with van der Waals surface area (Å²) in [6, 6.07) is 14.7. The van der Waals surface area contributed by atoms with Crippen molar-refractivity contribution in [2.45, 2.75) is 10.6 Å². The lowest BCUT2D eigenvalue weighted by molar-refractivity contribution is -0.113. The van der Waals surface area contributed by atoms with Gasteiger partial charge in [0.25, 0.3) is 10.0 Å². The number of sulfonamides is 1. The highest BCUT2D eigenvalue weighted by Crippen LogP contribution is 2.31. The van der Waals surface area contributed by atoms with Crippen molar-refractivity contribution in [2.24, 2.45) is 0 Å². The monoisotopic (exact) mass is 532 g/mol. The topological polar surface area (TPSA) is 75.3 Å². The van der Waals surface area contributed by atoms with E-state index < -0.39 is 15.8 Å². The average Bonchev–Trinajstić information content (AvgIpc) is 2.74. The molecule has 3 aromatic rings. The van der Waals surface area contributed by atoms with Gasteiger partial charge >= 0.3 is 0 Å². The van der Waals surface area contributed by atoms with Crippen molar-refractivity contribution in [3.63, 3.8) is 0 Å². The maximum atomic E-state index is 13.8. The van der Waals surface area contributed by atoms with Gasteiger partial charge in [-0.3, -0.25) is 9.52 Å². The highest BCUT2D eigenvalue weighted by Gasteiger charge is 2.17. The molecule has 0 unspecified atom stereocenters. The van der Waals surface area contributed by atoms with Crippen molar-refractivity contribution in [2.75, 3.05) is 15.8 Å². The van der Waals surface area contributed by atoms with Crippen molar-refractivity contribution < 1.29 is 17.6 Å². The van der Waals surface area contributed by atoms with E-state index in [4.69, 9.17) is 34.8 Å². The number of thioether (sulfide) groups is 1. The minimum atomic E-state index is -3.91. The largest absolute Gasteiger partial charge is 0.325 e. The van der Waals surface area contributed by atoms with Gasteiger partial charge in [0.2, 0.25) is 5.91 Å². The van der Waals surface area contributed by atoms with Crippen LogP contribution in [0.3, 0.4) is 0 Å². The van der Waals surface area contributed by atoms with Gasteiger partial charge in [0.05, 0.1) is 26.4 Å². The highest BCUT2D eigenvalue weighted by atomic mass is 35.5. The molecule has 0 aliphatic carbocycles. The Kier molecular flexibility index (Phi) is 8.30. The molecule has 1 amide bonds. The normalized spacial score (nSPS) is 11.2. The van der Waals surface area contributed by atoms with Gasteiger partial charge in [-0.2, -0.15) is 0 Å². The SMILES string of the molecule is O=C(CSCc1c(F)cccc1Cl)Nc1ccc(S(=O)(=O)Nc2cccc(Cl)c2Cl)cc1. The molecule has 0 aromatic heterocycles. The molecule has 0 radical (unpaired) electrons. The number of hydrogen-bond donors (Lipinski definition) is 2. The van der Waals surface area contributed by atoms with E-state index in [1.165, 1.54) is 54.2 Å². The van der Waals surface area contributed by atoms with Gasteiger partial charge in [0.1, 0.15) is 5.82 Å². The summed E-state index contributed by atoms with van der Waals surface area (Å²) in [5.74, 6) is -0.426. The first-order valence-corrected chi connectivity index (χ1v) is 12.8. The maximum Gasteiger partial charge on any atom is 0.261 e. The van der Waals surface area contributed by atoms with Crippen LogP contribution in [0.1, 0.15) is 5.56 Å². The smallest absolute Gasteiger partial charge is 0.261 e. The van der Waals surface area contributed by atoms with E-state index in [1.54, 1.807) is 18.2 Å². The van der Waals surface area contributed by atoms with Crippen molar-refractivity contribution in [3.05, 3.63) is 87.1 Å². The van der Waals surface area contributed by atoms with Gasteiger partial charge in [-0.15, -0.1) is 11.8 Å². The van der Waals surface area contributed by atoms with Gasteiger partial charge < -0.3 is 5.32 Å². The average molecular weight is 534 g/mol. The van der Waals surface area contributed by atoms with E-state index in [0.29, 0.717) is 16.3 Å². The predicted molar refractivity (Wildman–Crippen MR) is 130 cm³/mol. The van der Waals surface area contributed by atoms with Crippen LogP contribution in [0.25, 0.3) is 0 Å². The minimum Gasteiger partial charge on any atom is -0.325 e. The molecule has 3 rings (SSSR count). The first-order valence-electron chi connectivity index (χ1n) is 9.05. The van der Waals surface area contributed by atoms with E-state index in [9.17, 15) is 17.6 Å². The van der Waals surface area contributed by atoms with Gasteiger partial charge in [-0.25, -0.2) is 12.8 Å². The number of carbonyl (C=O) groups is 1. The molecule has 0 aliphatic heterocycles. The Bertz CT molecular complexity index is 1220. The van der Waals surface area contributed by atoms with Crippen molar-refractivity contribution >= 4 is 73.9 Å². The Hall–Kier alpha value is -1.97. The second-order valence-corrected chi connectivity index (χ2v) is 10.3.